The van der Waals surface area contributed by atoms with Crippen LogP contribution >= 0.6 is 0 Å². The lowest BCUT2D eigenvalue weighted by Crippen LogP contribution is -2.33. The molecule has 2 aliphatic rings. The molecule has 2 aromatic rings. The van der Waals surface area contributed by atoms with E-state index in [0.717, 1.165) is 37.3 Å². The van der Waals surface area contributed by atoms with Crippen LogP contribution in [0, 0.1) is 0 Å². The number of hydrogen-bond donors (Lipinski definition) is 0. The molecule has 0 fully saturated rings. The molecule has 0 atom stereocenters. The molecule has 0 bridgehead atoms. The highest BCUT2D eigenvalue weighted by molar-refractivity contribution is 6.21. The third-order valence-corrected chi connectivity index (χ3v) is 4.79. The molecular formula is C19H19N3O4. The average molecular weight is 353 g/mol. The summed E-state index contributed by atoms with van der Waals surface area (Å²) in [6, 6.07) is 6.40. The molecule has 26 heavy (non-hydrogen) atoms. The van der Waals surface area contributed by atoms with Gasteiger partial charge in [0.15, 0.2) is 5.69 Å². The average Bonchev–Trinajstić information content (AvgIpc) is 3.14. The Morgan fingerprint density at radius 1 is 1.12 bits per heavy atom. The quantitative estimate of drug-likeness (QED) is 0.793. The van der Waals surface area contributed by atoms with Gasteiger partial charge in [-0.15, -0.1) is 0 Å². The Balaban J connectivity index is 1.65. The van der Waals surface area contributed by atoms with Gasteiger partial charge >= 0.3 is 5.97 Å². The maximum Gasteiger partial charge on any atom is 0.384 e. The van der Waals surface area contributed by atoms with Crippen molar-refractivity contribution in [2.45, 2.75) is 45.6 Å². The lowest BCUT2D eigenvalue weighted by Gasteiger charge is -2.18. The van der Waals surface area contributed by atoms with Crippen LogP contribution in [0.25, 0.3) is 0 Å². The van der Waals surface area contributed by atoms with Gasteiger partial charge in [-0.1, -0.05) is 31.0 Å². The molecule has 4 rings (SSSR count). The first kappa shape index (κ1) is 16.5. The molecule has 7 heteroatoms. The van der Waals surface area contributed by atoms with E-state index in [9.17, 15) is 14.4 Å². The van der Waals surface area contributed by atoms with Crippen molar-refractivity contribution in [3.05, 3.63) is 52.6 Å². The molecule has 0 radical (unpaired) electrons. The summed E-state index contributed by atoms with van der Waals surface area (Å²) in [6.45, 7) is 4.78. The number of hydroxylamine groups is 2. The standard InChI is InChI=1S/C19H19N3O4/c1-11(2)16-15(20-14-9-5-6-10-21(14)16)19(25)26-22-17(23)12-7-3-4-8-13(12)18(22)24/h3-4,7-8,11H,5-6,9-10H2,1-2H3. The summed E-state index contributed by atoms with van der Waals surface area (Å²) in [5.41, 5.74) is 1.45. The van der Waals surface area contributed by atoms with E-state index in [1.54, 1.807) is 12.1 Å². The molecule has 0 saturated heterocycles. The van der Waals surface area contributed by atoms with Gasteiger partial charge in [0.25, 0.3) is 11.8 Å². The van der Waals surface area contributed by atoms with Crippen molar-refractivity contribution in [3.8, 4) is 0 Å². The number of rotatable bonds is 3. The van der Waals surface area contributed by atoms with Crippen LogP contribution in [-0.2, 0) is 17.8 Å². The number of nitrogens with zero attached hydrogens (tertiary/aromatic N) is 3. The Kier molecular flexibility index (Phi) is 3.86. The Bertz CT molecular complexity index is 894. The number of imidazole rings is 1. The normalized spacial score (nSPS) is 16.0. The topological polar surface area (TPSA) is 81.5 Å². The summed E-state index contributed by atoms with van der Waals surface area (Å²) < 4.78 is 2.06. The van der Waals surface area contributed by atoms with Crippen molar-refractivity contribution in [3.63, 3.8) is 0 Å². The Morgan fingerprint density at radius 3 is 2.38 bits per heavy atom. The highest BCUT2D eigenvalue weighted by Crippen LogP contribution is 2.28. The Hall–Kier alpha value is -2.96. The van der Waals surface area contributed by atoms with E-state index in [0.29, 0.717) is 5.06 Å². The van der Waals surface area contributed by atoms with E-state index in [-0.39, 0.29) is 22.7 Å². The summed E-state index contributed by atoms with van der Waals surface area (Å²) in [5.74, 6) is -1.11. The van der Waals surface area contributed by atoms with Crippen LogP contribution in [-0.4, -0.2) is 32.4 Å². The number of aryl methyl sites for hydroxylation is 1. The summed E-state index contributed by atoms with van der Waals surface area (Å²) in [7, 11) is 0. The van der Waals surface area contributed by atoms with Gasteiger partial charge in [-0.25, -0.2) is 9.78 Å². The van der Waals surface area contributed by atoms with Crippen LogP contribution in [0.4, 0.5) is 0 Å². The van der Waals surface area contributed by atoms with Crippen LogP contribution in [0.15, 0.2) is 24.3 Å². The fraction of sp³-hybridized carbons (Fsp3) is 0.368. The Morgan fingerprint density at radius 2 is 1.77 bits per heavy atom. The maximum absolute atomic E-state index is 12.7. The highest BCUT2D eigenvalue weighted by Gasteiger charge is 2.40. The third kappa shape index (κ3) is 2.42. The number of aromatic nitrogens is 2. The number of benzene rings is 1. The number of carbonyl (C=O) groups is 3. The minimum atomic E-state index is -0.773. The second-order valence-corrected chi connectivity index (χ2v) is 6.85. The first-order valence-electron chi connectivity index (χ1n) is 8.78. The zero-order chi connectivity index (χ0) is 18.4. The maximum atomic E-state index is 12.7. The third-order valence-electron chi connectivity index (χ3n) is 4.79. The second-order valence-electron chi connectivity index (χ2n) is 6.85. The molecule has 0 unspecified atom stereocenters. The lowest BCUT2D eigenvalue weighted by atomic mass is 10.1. The van der Waals surface area contributed by atoms with E-state index in [2.05, 4.69) is 9.55 Å². The van der Waals surface area contributed by atoms with Gasteiger partial charge in [0, 0.05) is 13.0 Å². The van der Waals surface area contributed by atoms with Crippen molar-refractivity contribution in [2.75, 3.05) is 0 Å². The first-order chi connectivity index (χ1) is 12.5. The van der Waals surface area contributed by atoms with Crippen LogP contribution in [0.5, 0.6) is 0 Å². The van der Waals surface area contributed by atoms with Crippen molar-refractivity contribution in [1.82, 2.24) is 14.6 Å². The van der Waals surface area contributed by atoms with E-state index in [4.69, 9.17) is 4.84 Å². The van der Waals surface area contributed by atoms with Gasteiger partial charge in [-0.2, -0.15) is 0 Å². The van der Waals surface area contributed by atoms with Gasteiger partial charge in [-0.05, 0) is 30.9 Å². The lowest BCUT2D eigenvalue weighted by molar-refractivity contribution is -0.0589. The first-order valence-corrected chi connectivity index (χ1v) is 8.78. The number of imide groups is 1. The fourth-order valence-electron chi connectivity index (χ4n) is 3.62. The monoisotopic (exact) mass is 353 g/mol. The molecule has 1 aromatic carbocycles. The predicted octanol–water partition coefficient (Wildman–Crippen LogP) is 2.71. The van der Waals surface area contributed by atoms with E-state index >= 15 is 0 Å². The van der Waals surface area contributed by atoms with Crippen LogP contribution in [0.2, 0.25) is 0 Å². The fourth-order valence-corrected chi connectivity index (χ4v) is 3.62. The van der Waals surface area contributed by atoms with Crippen molar-refractivity contribution >= 4 is 17.8 Å². The van der Waals surface area contributed by atoms with E-state index in [1.807, 2.05) is 13.8 Å². The minimum absolute atomic E-state index is 0.0686. The van der Waals surface area contributed by atoms with Gasteiger partial charge in [0.05, 0.1) is 16.8 Å². The van der Waals surface area contributed by atoms with Crippen molar-refractivity contribution in [1.29, 1.82) is 0 Å². The number of fused-ring (bicyclic) bond motifs is 2. The van der Waals surface area contributed by atoms with E-state index in [1.165, 1.54) is 12.1 Å². The molecule has 134 valence electrons. The van der Waals surface area contributed by atoms with Crippen LogP contribution < -0.4 is 0 Å². The largest absolute Gasteiger partial charge is 0.384 e. The molecule has 3 heterocycles. The minimum Gasteiger partial charge on any atom is -0.331 e. The summed E-state index contributed by atoms with van der Waals surface area (Å²) >= 11 is 0. The van der Waals surface area contributed by atoms with Gasteiger partial charge in [0.1, 0.15) is 5.82 Å². The highest BCUT2D eigenvalue weighted by atomic mass is 16.7. The van der Waals surface area contributed by atoms with Crippen molar-refractivity contribution < 1.29 is 19.2 Å². The van der Waals surface area contributed by atoms with Gasteiger partial charge in [0.2, 0.25) is 0 Å². The number of hydrogen-bond acceptors (Lipinski definition) is 5. The molecule has 7 nitrogen and oxygen atoms in total. The van der Waals surface area contributed by atoms with Crippen LogP contribution in [0.3, 0.4) is 0 Å². The molecule has 0 N–H and O–H groups in total. The van der Waals surface area contributed by atoms with Crippen LogP contribution in [0.1, 0.15) is 75.3 Å². The second kappa shape index (κ2) is 6.09. The molecule has 2 amide bonds. The number of amides is 2. The smallest absolute Gasteiger partial charge is 0.331 e. The van der Waals surface area contributed by atoms with Gasteiger partial charge < -0.3 is 9.40 Å². The molecule has 0 aliphatic carbocycles. The van der Waals surface area contributed by atoms with Crippen molar-refractivity contribution in [2.24, 2.45) is 0 Å². The molecule has 2 aliphatic heterocycles. The SMILES string of the molecule is CC(C)c1c(C(=O)ON2C(=O)c3ccccc3C2=O)nc2n1CCCC2. The zero-order valence-electron chi connectivity index (χ0n) is 14.7. The molecule has 0 saturated carbocycles. The summed E-state index contributed by atoms with van der Waals surface area (Å²) in [6.07, 6.45) is 2.87. The molecule has 0 spiro atoms. The predicted molar refractivity (Wildman–Crippen MR) is 91.6 cm³/mol. The molecular weight excluding hydrogens is 334 g/mol. The Labute approximate surface area is 150 Å². The number of carbonyl (C=O) groups excluding carboxylic acids is 3. The zero-order valence-corrected chi connectivity index (χ0v) is 14.7. The van der Waals surface area contributed by atoms with E-state index < -0.39 is 17.8 Å². The van der Waals surface area contributed by atoms with Gasteiger partial charge in [-0.3, -0.25) is 9.59 Å². The summed E-state index contributed by atoms with van der Waals surface area (Å²) in [4.78, 5) is 47.2. The summed E-state index contributed by atoms with van der Waals surface area (Å²) in [5, 5.41) is 0.537. The molecule has 1 aromatic heterocycles.